The van der Waals surface area contributed by atoms with Gasteiger partial charge in [-0.25, -0.2) is 9.59 Å². The van der Waals surface area contributed by atoms with Crippen molar-refractivity contribution in [3.63, 3.8) is 0 Å². The first kappa shape index (κ1) is 20.4. The second-order valence-corrected chi connectivity index (χ2v) is 5.50. The highest BCUT2D eigenvalue weighted by atomic mass is 16.6. The van der Waals surface area contributed by atoms with Crippen molar-refractivity contribution in [1.82, 2.24) is 0 Å². The number of carbonyl (C=O) groups is 2. The van der Waals surface area contributed by atoms with Crippen molar-refractivity contribution in [2.45, 2.75) is 0 Å². The zero-order chi connectivity index (χ0) is 20.5. The maximum Gasteiger partial charge on any atom is 0.330 e. The molecule has 0 saturated heterocycles. The van der Waals surface area contributed by atoms with Crippen molar-refractivity contribution < 1.29 is 39.5 Å². The van der Waals surface area contributed by atoms with Crippen LogP contribution in [0, 0.1) is 0 Å². The molecule has 0 heterocycles. The van der Waals surface area contributed by atoms with E-state index in [1.54, 1.807) is 0 Å². The maximum absolute atomic E-state index is 11.6. The molecule has 2 aromatic rings. The summed E-state index contributed by atoms with van der Waals surface area (Å²) in [4.78, 5) is 23.1. The predicted molar refractivity (Wildman–Crippen MR) is 99.5 cm³/mol. The van der Waals surface area contributed by atoms with Crippen LogP contribution in [0.3, 0.4) is 0 Å². The Morgan fingerprint density at radius 2 is 1.07 bits per heavy atom. The number of esters is 2. The SMILES string of the molecule is O=C(/C=C/c1ccc(O)c(O)c1)OCCOC(=O)/C=C/c1ccc(O)c(O)c1. The van der Waals surface area contributed by atoms with Crippen LogP contribution in [0.15, 0.2) is 48.6 Å². The fraction of sp³-hybridized carbons (Fsp3) is 0.100. The molecule has 0 spiro atoms. The van der Waals surface area contributed by atoms with Crippen molar-refractivity contribution in [3.05, 3.63) is 59.7 Å². The second kappa shape index (κ2) is 9.67. The number of hydrogen-bond donors (Lipinski definition) is 4. The number of benzene rings is 2. The standard InChI is InChI=1S/C20H18O8/c21-15-5-1-13(11-17(15)23)3-7-19(25)27-9-10-28-20(26)8-4-14-2-6-16(22)18(24)12-14/h1-8,11-12,21-24H,9-10H2/b7-3+,8-4+. The lowest BCUT2D eigenvalue weighted by atomic mass is 10.2. The fourth-order valence-electron chi connectivity index (χ4n) is 2.00. The van der Waals surface area contributed by atoms with Gasteiger partial charge in [-0.2, -0.15) is 0 Å². The summed E-state index contributed by atoms with van der Waals surface area (Å²) in [7, 11) is 0. The van der Waals surface area contributed by atoms with Crippen LogP contribution < -0.4 is 0 Å². The molecule has 0 atom stereocenters. The van der Waals surface area contributed by atoms with Gasteiger partial charge in [0.2, 0.25) is 0 Å². The van der Waals surface area contributed by atoms with E-state index in [1.165, 1.54) is 48.6 Å². The van der Waals surface area contributed by atoms with Gasteiger partial charge in [0, 0.05) is 12.2 Å². The van der Waals surface area contributed by atoms with E-state index in [0.29, 0.717) is 11.1 Å². The highest BCUT2D eigenvalue weighted by molar-refractivity contribution is 5.88. The molecule has 0 saturated carbocycles. The summed E-state index contributed by atoms with van der Waals surface area (Å²) >= 11 is 0. The zero-order valence-corrected chi connectivity index (χ0v) is 14.6. The van der Waals surface area contributed by atoms with E-state index in [9.17, 15) is 30.0 Å². The van der Waals surface area contributed by atoms with Gasteiger partial charge in [0.15, 0.2) is 23.0 Å². The van der Waals surface area contributed by atoms with Gasteiger partial charge in [0.05, 0.1) is 0 Å². The average molecular weight is 386 g/mol. The number of hydrogen-bond acceptors (Lipinski definition) is 8. The van der Waals surface area contributed by atoms with Crippen LogP contribution in [0.1, 0.15) is 11.1 Å². The first-order chi connectivity index (χ1) is 13.3. The molecule has 146 valence electrons. The van der Waals surface area contributed by atoms with Gasteiger partial charge < -0.3 is 29.9 Å². The minimum atomic E-state index is -0.668. The molecular weight excluding hydrogens is 368 g/mol. The monoisotopic (exact) mass is 386 g/mol. The molecule has 0 aliphatic rings. The Hall–Kier alpha value is -3.94. The van der Waals surface area contributed by atoms with Crippen molar-refractivity contribution in [2.75, 3.05) is 13.2 Å². The molecule has 2 rings (SSSR count). The fourth-order valence-corrected chi connectivity index (χ4v) is 2.00. The van der Waals surface area contributed by atoms with Gasteiger partial charge in [-0.15, -0.1) is 0 Å². The summed E-state index contributed by atoms with van der Waals surface area (Å²) < 4.78 is 9.72. The van der Waals surface area contributed by atoms with Crippen molar-refractivity contribution in [2.24, 2.45) is 0 Å². The van der Waals surface area contributed by atoms with E-state index in [1.807, 2.05) is 0 Å². The molecule has 0 aliphatic heterocycles. The molecule has 0 aromatic heterocycles. The second-order valence-electron chi connectivity index (χ2n) is 5.50. The number of aromatic hydroxyl groups is 4. The Morgan fingerprint density at radius 3 is 1.43 bits per heavy atom. The topological polar surface area (TPSA) is 134 Å². The third-order valence-corrected chi connectivity index (χ3v) is 3.39. The lowest BCUT2D eigenvalue weighted by molar-refractivity contribution is -0.145. The first-order valence-corrected chi connectivity index (χ1v) is 8.09. The highest BCUT2D eigenvalue weighted by Gasteiger charge is 2.03. The highest BCUT2D eigenvalue weighted by Crippen LogP contribution is 2.26. The third kappa shape index (κ3) is 6.41. The number of carbonyl (C=O) groups excluding carboxylic acids is 2. The molecule has 4 N–H and O–H groups in total. The largest absolute Gasteiger partial charge is 0.504 e. The van der Waals surface area contributed by atoms with Crippen LogP contribution in [0.2, 0.25) is 0 Å². The van der Waals surface area contributed by atoms with Crippen molar-refractivity contribution in [3.8, 4) is 23.0 Å². The first-order valence-electron chi connectivity index (χ1n) is 8.09. The van der Waals surface area contributed by atoms with Crippen LogP contribution in [0.5, 0.6) is 23.0 Å². The molecule has 0 aliphatic carbocycles. The molecule has 0 fully saturated rings. The minimum Gasteiger partial charge on any atom is -0.504 e. The summed E-state index contributed by atoms with van der Waals surface area (Å²) in [6.45, 7) is -0.298. The van der Waals surface area contributed by atoms with E-state index in [4.69, 9.17) is 9.47 Å². The Balaban J connectivity index is 1.71. The Kier molecular flexibility index (Phi) is 7.04. The predicted octanol–water partition coefficient (Wildman–Crippen LogP) is 2.32. The Bertz CT molecular complexity index is 839. The zero-order valence-electron chi connectivity index (χ0n) is 14.6. The summed E-state index contributed by atoms with van der Waals surface area (Å²) in [5, 5.41) is 37.1. The van der Waals surface area contributed by atoms with Crippen LogP contribution in [-0.2, 0) is 19.1 Å². The molecule has 0 radical (unpaired) electrons. The number of ether oxygens (including phenoxy) is 2. The molecule has 0 bridgehead atoms. The van der Waals surface area contributed by atoms with Gasteiger partial charge in [0.1, 0.15) is 13.2 Å². The molecule has 2 aromatic carbocycles. The average Bonchev–Trinajstić information content (AvgIpc) is 2.67. The quantitative estimate of drug-likeness (QED) is 0.247. The van der Waals surface area contributed by atoms with Gasteiger partial charge in [-0.3, -0.25) is 0 Å². The number of phenols is 4. The summed E-state index contributed by atoms with van der Waals surface area (Å²) in [5.41, 5.74) is 0.980. The number of rotatable bonds is 7. The van der Waals surface area contributed by atoms with E-state index in [-0.39, 0.29) is 36.2 Å². The number of phenolic OH excluding ortho intramolecular Hbond substituents is 4. The van der Waals surface area contributed by atoms with Crippen LogP contribution in [0.25, 0.3) is 12.2 Å². The molecule has 0 amide bonds. The van der Waals surface area contributed by atoms with Crippen LogP contribution >= 0.6 is 0 Å². The maximum atomic E-state index is 11.6. The summed E-state index contributed by atoms with van der Waals surface area (Å²) in [6.07, 6.45) is 5.04. The van der Waals surface area contributed by atoms with E-state index < -0.39 is 11.9 Å². The van der Waals surface area contributed by atoms with E-state index in [2.05, 4.69) is 0 Å². The van der Waals surface area contributed by atoms with Gasteiger partial charge in [0.25, 0.3) is 0 Å². The summed E-state index contributed by atoms with van der Waals surface area (Å²) in [5.74, 6) is -2.48. The minimum absolute atomic E-state index is 0.149. The normalized spacial score (nSPS) is 11.0. The van der Waals surface area contributed by atoms with Crippen LogP contribution in [0.4, 0.5) is 0 Å². The molecule has 8 nitrogen and oxygen atoms in total. The molecule has 28 heavy (non-hydrogen) atoms. The Morgan fingerprint density at radius 1 is 0.679 bits per heavy atom. The van der Waals surface area contributed by atoms with E-state index in [0.717, 1.165) is 12.2 Å². The van der Waals surface area contributed by atoms with Gasteiger partial charge >= 0.3 is 11.9 Å². The molecule has 8 heteroatoms. The van der Waals surface area contributed by atoms with Gasteiger partial charge in [-0.1, -0.05) is 12.1 Å². The Labute approximate surface area is 160 Å². The molecule has 0 unspecified atom stereocenters. The third-order valence-electron chi connectivity index (χ3n) is 3.39. The summed E-state index contributed by atoms with van der Waals surface area (Å²) in [6, 6.07) is 8.13. The smallest absolute Gasteiger partial charge is 0.330 e. The lowest BCUT2D eigenvalue weighted by Crippen LogP contribution is -2.11. The molecular formula is C20H18O8. The van der Waals surface area contributed by atoms with E-state index >= 15 is 0 Å². The van der Waals surface area contributed by atoms with Crippen molar-refractivity contribution >= 4 is 24.1 Å². The van der Waals surface area contributed by atoms with Crippen LogP contribution in [-0.4, -0.2) is 45.6 Å². The van der Waals surface area contributed by atoms with Crippen molar-refractivity contribution in [1.29, 1.82) is 0 Å². The lowest BCUT2D eigenvalue weighted by Gasteiger charge is -2.03. The van der Waals surface area contributed by atoms with Gasteiger partial charge in [-0.05, 0) is 47.5 Å².